The lowest BCUT2D eigenvalue weighted by Gasteiger charge is -2.24. The van der Waals surface area contributed by atoms with Crippen molar-refractivity contribution in [3.8, 4) is 0 Å². The van der Waals surface area contributed by atoms with E-state index in [0.29, 0.717) is 29.1 Å². The number of nitrogens with one attached hydrogen (secondary N) is 2. The lowest BCUT2D eigenvalue weighted by atomic mass is 9.82. The molecule has 1 heterocycles. The lowest BCUT2D eigenvalue weighted by molar-refractivity contribution is -0.146. The molecular weight excluding hydrogens is 388 g/mol. The van der Waals surface area contributed by atoms with Gasteiger partial charge in [-0.2, -0.15) is 0 Å². The van der Waals surface area contributed by atoms with Gasteiger partial charge in [-0.25, -0.2) is 0 Å². The van der Waals surface area contributed by atoms with Crippen LogP contribution in [0.2, 0.25) is 0 Å². The van der Waals surface area contributed by atoms with Crippen LogP contribution in [-0.4, -0.2) is 22.9 Å². The molecule has 0 fully saturated rings. The van der Waals surface area contributed by atoms with Crippen LogP contribution >= 0.6 is 11.3 Å². The third-order valence-corrected chi connectivity index (χ3v) is 6.27. The molecule has 6 nitrogen and oxygen atoms in total. The van der Waals surface area contributed by atoms with Crippen LogP contribution in [0, 0.1) is 11.8 Å². The highest BCUT2D eigenvalue weighted by molar-refractivity contribution is 7.16. The molecule has 0 saturated carbocycles. The monoisotopic (exact) mass is 412 g/mol. The van der Waals surface area contributed by atoms with E-state index in [0.717, 1.165) is 4.88 Å². The van der Waals surface area contributed by atoms with Gasteiger partial charge in [-0.3, -0.25) is 14.4 Å². The quantitative estimate of drug-likeness (QED) is 0.598. The molecule has 2 atom stereocenters. The summed E-state index contributed by atoms with van der Waals surface area (Å²) in [4.78, 5) is 38.2. The number of benzene rings is 1. The Morgan fingerprint density at radius 2 is 1.69 bits per heavy atom. The molecule has 0 saturated heterocycles. The van der Waals surface area contributed by atoms with Gasteiger partial charge in [-0.05, 0) is 37.0 Å². The first-order valence-corrected chi connectivity index (χ1v) is 10.4. The number of carboxylic acids is 1. The largest absolute Gasteiger partial charge is 0.481 e. The number of carboxylic acid groups (broad SMARTS) is 1. The maximum absolute atomic E-state index is 12.9. The molecule has 0 unspecified atom stereocenters. The minimum absolute atomic E-state index is 0.193. The Labute approximate surface area is 173 Å². The van der Waals surface area contributed by atoms with Crippen LogP contribution in [0.1, 0.15) is 47.8 Å². The second-order valence-corrected chi connectivity index (χ2v) is 8.43. The summed E-state index contributed by atoms with van der Waals surface area (Å²) >= 11 is 1.35. The average Bonchev–Trinajstić information content (AvgIpc) is 3.13. The number of allylic oxidation sites excluding steroid dienone is 2. The van der Waals surface area contributed by atoms with Gasteiger partial charge >= 0.3 is 5.97 Å². The predicted octanol–water partition coefficient (Wildman–Crippen LogP) is 4.73. The Kier molecular flexibility index (Phi) is 6.49. The molecule has 1 aromatic heterocycles. The topological polar surface area (TPSA) is 95.5 Å². The van der Waals surface area contributed by atoms with E-state index < -0.39 is 17.8 Å². The van der Waals surface area contributed by atoms with Gasteiger partial charge < -0.3 is 15.7 Å². The second-order valence-electron chi connectivity index (χ2n) is 7.35. The first-order chi connectivity index (χ1) is 13.9. The number of carbonyl (C=O) groups is 3. The molecule has 0 aliphatic heterocycles. The SMILES string of the molecule is CC(C)c1cc(C(=O)Nc2ccccc2)c(NC(=O)[C@H]2CC=CC[C@H]2C(=O)O)s1. The van der Waals surface area contributed by atoms with Crippen LogP contribution in [0.15, 0.2) is 48.6 Å². The Hall–Kier alpha value is -2.93. The number of anilines is 2. The third-order valence-electron chi connectivity index (χ3n) is 4.92. The summed E-state index contributed by atoms with van der Waals surface area (Å²) in [7, 11) is 0. The Morgan fingerprint density at radius 3 is 2.31 bits per heavy atom. The van der Waals surface area contributed by atoms with E-state index in [2.05, 4.69) is 10.6 Å². The van der Waals surface area contributed by atoms with Crippen molar-refractivity contribution in [1.29, 1.82) is 0 Å². The third kappa shape index (κ3) is 4.92. The molecular formula is C22H24N2O4S. The van der Waals surface area contributed by atoms with Gasteiger partial charge in [0.05, 0.1) is 17.4 Å². The van der Waals surface area contributed by atoms with Gasteiger partial charge in [0, 0.05) is 10.6 Å². The summed E-state index contributed by atoms with van der Waals surface area (Å²) in [6.45, 7) is 4.03. The summed E-state index contributed by atoms with van der Waals surface area (Å²) < 4.78 is 0. The van der Waals surface area contributed by atoms with Crippen molar-refractivity contribution < 1.29 is 19.5 Å². The Morgan fingerprint density at radius 1 is 1.03 bits per heavy atom. The molecule has 0 bridgehead atoms. The van der Waals surface area contributed by atoms with Crippen molar-refractivity contribution in [2.45, 2.75) is 32.6 Å². The fraction of sp³-hybridized carbons (Fsp3) is 0.318. The number of thiophene rings is 1. The number of hydrogen-bond donors (Lipinski definition) is 3. The fourth-order valence-electron chi connectivity index (χ4n) is 3.26. The van der Waals surface area contributed by atoms with Crippen molar-refractivity contribution >= 4 is 39.8 Å². The van der Waals surface area contributed by atoms with Crippen molar-refractivity contribution in [3.05, 3.63) is 59.0 Å². The molecule has 3 N–H and O–H groups in total. The van der Waals surface area contributed by atoms with E-state index in [1.165, 1.54) is 11.3 Å². The lowest BCUT2D eigenvalue weighted by Crippen LogP contribution is -2.34. The summed E-state index contributed by atoms with van der Waals surface area (Å²) in [5, 5.41) is 15.6. The van der Waals surface area contributed by atoms with Gasteiger partial charge in [-0.1, -0.05) is 44.2 Å². The maximum atomic E-state index is 12.9. The summed E-state index contributed by atoms with van der Waals surface area (Å²) in [5.74, 6) is -2.89. The van der Waals surface area contributed by atoms with Crippen molar-refractivity contribution in [2.75, 3.05) is 10.6 Å². The van der Waals surface area contributed by atoms with Gasteiger partial charge in [0.1, 0.15) is 5.00 Å². The number of amides is 2. The highest BCUT2D eigenvalue weighted by atomic mass is 32.1. The standard InChI is InChI=1S/C22H24N2O4S/c1-13(2)18-12-17(20(26)23-14-8-4-3-5-9-14)21(29-18)24-19(25)15-10-6-7-11-16(15)22(27)28/h3-9,12-13,15-16H,10-11H2,1-2H3,(H,23,26)(H,24,25)(H,27,28)/t15-,16+/m0/s1. The van der Waals surface area contributed by atoms with Crippen LogP contribution in [-0.2, 0) is 9.59 Å². The molecule has 1 aliphatic rings. The zero-order valence-electron chi connectivity index (χ0n) is 16.3. The number of hydrogen-bond acceptors (Lipinski definition) is 4. The van der Waals surface area contributed by atoms with Gasteiger partial charge in [-0.15, -0.1) is 11.3 Å². The van der Waals surface area contributed by atoms with E-state index >= 15 is 0 Å². The predicted molar refractivity (Wildman–Crippen MR) is 114 cm³/mol. The number of carbonyl (C=O) groups excluding carboxylic acids is 2. The normalized spacial score (nSPS) is 18.4. The Balaban J connectivity index is 1.84. The molecule has 2 aromatic rings. The maximum Gasteiger partial charge on any atom is 0.307 e. The van der Waals surface area contributed by atoms with Crippen LogP contribution in [0.5, 0.6) is 0 Å². The van der Waals surface area contributed by atoms with Crippen LogP contribution in [0.25, 0.3) is 0 Å². The van der Waals surface area contributed by atoms with Crippen LogP contribution in [0.3, 0.4) is 0 Å². The van der Waals surface area contributed by atoms with Crippen molar-refractivity contribution in [1.82, 2.24) is 0 Å². The van der Waals surface area contributed by atoms with Gasteiger partial charge in [0.2, 0.25) is 5.91 Å². The van der Waals surface area contributed by atoms with Crippen molar-refractivity contribution in [3.63, 3.8) is 0 Å². The molecule has 3 rings (SSSR count). The highest BCUT2D eigenvalue weighted by Gasteiger charge is 2.34. The number of aliphatic carboxylic acids is 1. The second kappa shape index (κ2) is 9.05. The van der Waals surface area contributed by atoms with E-state index in [-0.39, 0.29) is 17.7 Å². The minimum Gasteiger partial charge on any atom is -0.481 e. The van der Waals surface area contributed by atoms with Crippen molar-refractivity contribution in [2.24, 2.45) is 11.8 Å². The molecule has 29 heavy (non-hydrogen) atoms. The van der Waals surface area contributed by atoms with Gasteiger partial charge in [0.25, 0.3) is 5.91 Å². The molecule has 1 aliphatic carbocycles. The molecule has 0 spiro atoms. The van der Waals surface area contributed by atoms with E-state index in [9.17, 15) is 19.5 Å². The molecule has 7 heteroatoms. The Bertz CT molecular complexity index is 934. The van der Waals surface area contributed by atoms with Crippen LogP contribution < -0.4 is 10.6 Å². The summed E-state index contributed by atoms with van der Waals surface area (Å²) in [6.07, 6.45) is 4.33. The van der Waals surface area contributed by atoms with Gasteiger partial charge in [0.15, 0.2) is 0 Å². The molecule has 152 valence electrons. The van der Waals surface area contributed by atoms with E-state index in [4.69, 9.17) is 0 Å². The summed E-state index contributed by atoms with van der Waals surface area (Å²) in [5.41, 5.74) is 1.05. The number of para-hydroxylation sites is 1. The minimum atomic E-state index is -0.981. The average molecular weight is 413 g/mol. The molecule has 0 radical (unpaired) electrons. The summed E-state index contributed by atoms with van der Waals surface area (Å²) in [6, 6.07) is 10.9. The smallest absolute Gasteiger partial charge is 0.307 e. The zero-order valence-corrected chi connectivity index (χ0v) is 17.2. The highest BCUT2D eigenvalue weighted by Crippen LogP contribution is 2.35. The van der Waals surface area contributed by atoms with E-state index in [1.807, 2.05) is 38.1 Å². The zero-order chi connectivity index (χ0) is 21.0. The molecule has 2 amide bonds. The van der Waals surface area contributed by atoms with E-state index in [1.54, 1.807) is 24.3 Å². The molecule has 1 aromatic carbocycles. The first-order valence-electron chi connectivity index (χ1n) is 9.55. The van der Waals surface area contributed by atoms with Crippen LogP contribution in [0.4, 0.5) is 10.7 Å². The first kappa shape index (κ1) is 20.8. The number of rotatable bonds is 6. The fourth-order valence-corrected chi connectivity index (χ4v) is 4.32.